The van der Waals surface area contributed by atoms with Gasteiger partial charge in [-0.05, 0) is 29.1 Å². The summed E-state index contributed by atoms with van der Waals surface area (Å²) in [5.74, 6) is -0.881. The summed E-state index contributed by atoms with van der Waals surface area (Å²) in [4.78, 5) is 12.1. The fourth-order valence-electron chi connectivity index (χ4n) is 1.54. The van der Waals surface area contributed by atoms with Crippen LogP contribution in [-0.4, -0.2) is 5.78 Å². The standard InChI is InChI=1S/C13H8BrNOS/c14-11-3-1-2-9(6-11)12(7-15)13(16)10-4-5-17-8-10/h1-6,8,12H. The van der Waals surface area contributed by atoms with E-state index in [4.69, 9.17) is 5.26 Å². The molecule has 0 N–H and O–H groups in total. The molecule has 17 heavy (non-hydrogen) atoms. The van der Waals surface area contributed by atoms with Crippen LogP contribution in [0.25, 0.3) is 0 Å². The molecular weight excluding hydrogens is 298 g/mol. The molecule has 0 aliphatic heterocycles. The Kier molecular flexibility index (Phi) is 3.72. The summed E-state index contributed by atoms with van der Waals surface area (Å²) in [6, 6.07) is 11.1. The summed E-state index contributed by atoms with van der Waals surface area (Å²) in [5.41, 5.74) is 1.32. The third-order valence-corrected chi connectivity index (χ3v) is 3.56. The van der Waals surface area contributed by atoms with Crippen LogP contribution in [0.15, 0.2) is 45.6 Å². The van der Waals surface area contributed by atoms with Crippen LogP contribution >= 0.6 is 27.3 Å². The number of ketones is 1. The van der Waals surface area contributed by atoms with Crippen molar-refractivity contribution in [2.24, 2.45) is 0 Å². The van der Waals surface area contributed by atoms with E-state index < -0.39 is 5.92 Å². The van der Waals surface area contributed by atoms with E-state index in [0.29, 0.717) is 5.56 Å². The average molecular weight is 306 g/mol. The van der Waals surface area contributed by atoms with Crippen LogP contribution in [-0.2, 0) is 0 Å². The number of carbonyl (C=O) groups excluding carboxylic acids is 1. The van der Waals surface area contributed by atoms with Gasteiger partial charge in [-0.15, -0.1) is 0 Å². The number of rotatable bonds is 3. The minimum Gasteiger partial charge on any atom is -0.292 e. The number of nitriles is 1. The van der Waals surface area contributed by atoms with Gasteiger partial charge in [0.25, 0.3) is 0 Å². The van der Waals surface area contributed by atoms with Gasteiger partial charge in [0.15, 0.2) is 5.78 Å². The monoisotopic (exact) mass is 305 g/mol. The first-order valence-corrected chi connectivity index (χ1v) is 6.67. The Morgan fingerprint density at radius 2 is 2.24 bits per heavy atom. The molecule has 1 aromatic heterocycles. The number of hydrogen-bond acceptors (Lipinski definition) is 3. The number of hydrogen-bond donors (Lipinski definition) is 0. The van der Waals surface area contributed by atoms with Crippen LogP contribution in [0, 0.1) is 11.3 Å². The quantitative estimate of drug-likeness (QED) is 0.804. The zero-order valence-electron chi connectivity index (χ0n) is 8.76. The lowest BCUT2D eigenvalue weighted by atomic mass is 9.93. The van der Waals surface area contributed by atoms with Crippen LogP contribution in [0.5, 0.6) is 0 Å². The molecular formula is C13H8BrNOS. The van der Waals surface area contributed by atoms with Crippen molar-refractivity contribution in [1.29, 1.82) is 5.26 Å². The molecule has 1 atom stereocenters. The highest BCUT2D eigenvalue weighted by atomic mass is 79.9. The van der Waals surface area contributed by atoms with Gasteiger partial charge < -0.3 is 0 Å². The van der Waals surface area contributed by atoms with E-state index in [0.717, 1.165) is 10.0 Å². The third-order valence-electron chi connectivity index (χ3n) is 2.38. The molecule has 0 fully saturated rings. The number of benzene rings is 1. The lowest BCUT2D eigenvalue weighted by Crippen LogP contribution is -2.10. The van der Waals surface area contributed by atoms with Gasteiger partial charge in [-0.2, -0.15) is 16.6 Å². The zero-order chi connectivity index (χ0) is 12.3. The summed E-state index contributed by atoms with van der Waals surface area (Å²) in [6.07, 6.45) is 0. The van der Waals surface area contributed by atoms with E-state index >= 15 is 0 Å². The Morgan fingerprint density at radius 3 is 2.82 bits per heavy atom. The van der Waals surface area contributed by atoms with Gasteiger partial charge in [-0.3, -0.25) is 4.79 Å². The van der Waals surface area contributed by atoms with Crippen molar-refractivity contribution >= 4 is 33.0 Å². The lowest BCUT2D eigenvalue weighted by Gasteiger charge is -2.07. The lowest BCUT2D eigenvalue weighted by molar-refractivity contribution is 0.0979. The maximum absolute atomic E-state index is 12.1. The Bertz CT molecular complexity index is 571. The van der Waals surface area contributed by atoms with E-state index in [9.17, 15) is 4.79 Å². The topological polar surface area (TPSA) is 40.9 Å². The van der Waals surface area contributed by atoms with Gasteiger partial charge in [0.05, 0.1) is 6.07 Å². The smallest absolute Gasteiger partial charge is 0.185 e. The molecule has 1 heterocycles. The normalized spacial score (nSPS) is 11.8. The molecule has 0 aliphatic carbocycles. The number of carbonyl (C=O) groups is 1. The maximum atomic E-state index is 12.1. The zero-order valence-corrected chi connectivity index (χ0v) is 11.2. The van der Waals surface area contributed by atoms with Gasteiger partial charge >= 0.3 is 0 Å². The minimum absolute atomic E-state index is 0.146. The molecule has 1 aromatic carbocycles. The Morgan fingerprint density at radius 1 is 1.41 bits per heavy atom. The molecule has 2 nitrogen and oxygen atoms in total. The van der Waals surface area contributed by atoms with Crippen molar-refractivity contribution in [2.45, 2.75) is 5.92 Å². The highest BCUT2D eigenvalue weighted by Crippen LogP contribution is 2.24. The van der Waals surface area contributed by atoms with Crippen LogP contribution in [0.2, 0.25) is 0 Å². The van der Waals surface area contributed by atoms with E-state index in [1.807, 2.05) is 17.5 Å². The first-order valence-electron chi connectivity index (χ1n) is 4.94. The van der Waals surface area contributed by atoms with Crippen LogP contribution in [0.3, 0.4) is 0 Å². The van der Waals surface area contributed by atoms with Crippen LogP contribution in [0.4, 0.5) is 0 Å². The first-order chi connectivity index (χ1) is 8.22. The molecule has 1 unspecified atom stereocenters. The number of Topliss-reactive ketones (excluding diaryl/α,β-unsaturated/α-hetero) is 1. The largest absolute Gasteiger partial charge is 0.292 e. The molecule has 0 radical (unpaired) electrons. The van der Waals surface area contributed by atoms with Gasteiger partial charge in [0.1, 0.15) is 5.92 Å². The van der Waals surface area contributed by atoms with Gasteiger partial charge in [-0.25, -0.2) is 0 Å². The summed E-state index contributed by atoms with van der Waals surface area (Å²) < 4.78 is 0.869. The average Bonchev–Trinajstić information content (AvgIpc) is 2.83. The molecule has 0 spiro atoms. The molecule has 2 rings (SSSR count). The van der Waals surface area contributed by atoms with Gasteiger partial charge in [0, 0.05) is 15.4 Å². The molecule has 0 aliphatic rings. The van der Waals surface area contributed by atoms with Crippen molar-refractivity contribution in [3.63, 3.8) is 0 Å². The second kappa shape index (κ2) is 5.26. The highest BCUT2D eigenvalue weighted by Gasteiger charge is 2.21. The number of thiophene rings is 1. The highest BCUT2D eigenvalue weighted by molar-refractivity contribution is 9.10. The molecule has 2 aromatic rings. The number of halogens is 1. The Balaban J connectivity index is 2.35. The fraction of sp³-hybridized carbons (Fsp3) is 0.0769. The first kappa shape index (κ1) is 12.0. The summed E-state index contributed by atoms with van der Waals surface area (Å²) in [5, 5.41) is 12.8. The van der Waals surface area contributed by atoms with Crippen LogP contribution in [0.1, 0.15) is 21.8 Å². The van der Waals surface area contributed by atoms with Gasteiger partial charge in [0.2, 0.25) is 0 Å². The Labute approximate surface area is 112 Å². The summed E-state index contributed by atoms with van der Waals surface area (Å²) >= 11 is 4.79. The molecule has 0 amide bonds. The SMILES string of the molecule is N#CC(C(=O)c1ccsc1)c1cccc(Br)c1. The number of nitrogens with zero attached hydrogens (tertiary/aromatic N) is 1. The molecule has 0 bridgehead atoms. The second-order valence-electron chi connectivity index (χ2n) is 3.49. The Hall–Kier alpha value is -1.44. The molecule has 4 heteroatoms. The van der Waals surface area contributed by atoms with Crippen molar-refractivity contribution in [1.82, 2.24) is 0 Å². The van der Waals surface area contributed by atoms with E-state index in [1.165, 1.54) is 11.3 Å². The van der Waals surface area contributed by atoms with Gasteiger partial charge in [-0.1, -0.05) is 28.1 Å². The van der Waals surface area contributed by atoms with Crippen molar-refractivity contribution in [3.05, 3.63) is 56.7 Å². The third kappa shape index (κ3) is 2.63. The molecule has 0 saturated carbocycles. The fourth-order valence-corrected chi connectivity index (χ4v) is 2.60. The molecule has 84 valence electrons. The van der Waals surface area contributed by atoms with E-state index in [2.05, 4.69) is 22.0 Å². The summed E-state index contributed by atoms with van der Waals surface area (Å²) in [7, 11) is 0. The second-order valence-corrected chi connectivity index (χ2v) is 5.19. The molecule has 0 saturated heterocycles. The van der Waals surface area contributed by atoms with Crippen molar-refractivity contribution in [2.75, 3.05) is 0 Å². The van der Waals surface area contributed by atoms with Crippen molar-refractivity contribution in [3.8, 4) is 6.07 Å². The van der Waals surface area contributed by atoms with E-state index in [-0.39, 0.29) is 5.78 Å². The predicted molar refractivity (Wildman–Crippen MR) is 71.1 cm³/mol. The van der Waals surface area contributed by atoms with Crippen molar-refractivity contribution < 1.29 is 4.79 Å². The summed E-state index contributed by atoms with van der Waals surface area (Å²) in [6.45, 7) is 0. The maximum Gasteiger partial charge on any atom is 0.185 e. The van der Waals surface area contributed by atoms with Crippen LogP contribution < -0.4 is 0 Å². The predicted octanol–water partition coefficient (Wildman–Crippen LogP) is 4.00. The van der Waals surface area contributed by atoms with E-state index in [1.54, 1.807) is 23.6 Å². The minimum atomic E-state index is -0.734.